The Hall–Kier alpha value is -1.40. The van der Waals surface area contributed by atoms with Gasteiger partial charge in [0.25, 0.3) is 0 Å². The molecule has 1 atom stereocenters. The Morgan fingerprint density at radius 1 is 1.36 bits per heavy atom. The molecule has 0 bridgehead atoms. The minimum Gasteiger partial charge on any atom is -0.310 e. The fourth-order valence-corrected chi connectivity index (χ4v) is 3.63. The van der Waals surface area contributed by atoms with E-state index in [0.717, 1.165) is 25.5 Å². The summed E-state index contributed by atoms with van der Waals surface area (Å²) in [5.41, 5.74) is 0. The Kier molecular flexibility index (Phi) is 4.78. The van der Waals surface area contributed by atoms with Crippen LogP contribution in [0.15, 0.2) is 12.3 Å². The van der Waals surface area contributed by atoms with Crippen LogP contribution in [0.3, 0.4) is 0 Å². The maximum Gasteiger partial charge on any atom is 0.239 e. The van der Waals surface area contributed by atoms with Crippen LogP contribution in [0.1, 0.15) is 38.6 Å². The summed E-state index contributed by atoms with van der Waals surface area (Å²) < 4.78 is 2.00. The van der Waals surface area contributed by atoms with Gasteiger partial charge in [-0.3, -0.25) is 9.69 Å². The van der Waals surface area contributed by atoms with Crippen LogP contribution in [0.2, 0.25) is 0 Å². The summed E-state index contributed by atoms with van der Waals surface area (Å²) in [7, 11) is 2.13. The number of hydrogen-bond acceptors (Lipinski definition) is 4. The number of aromatic nitrogens is 2. The van der Waals surface area contributed by atoms with Gasteiger partial charge in [0.15, 0.2) is 0 Å². The summed E-state index contributed by atoms with van der Waals surface area (Å²) >= 11 is 0. The molecule has 6 heteroatoms. The molecule has 1 saturated heterocycles. The van der Waals surface area contributed by atoms with Crippen molar-refractivity contribution < 1.29 is 4.79 Å². The van der Waals surface area contributed by atoms with E-state index in [-0.39, 0.29) is 5.91 Å². The molecule has 3 rings (SSSR count). The van der Waals surface area contributed by atoms with Crippen molar-refractivity contribution in [3.63, 3.8) is 0 Å². The van der Waals surface area contributed by atoms with E-state index in [0.29, 0.717) is 18.6 Å². The smallest absolute Gasteiger partial charge is 0.239 e. The molecule has 1 aromatic heterocycles. The maximum atomic E-state index is 12.4. The highest BCUT2D eigenvalue weighted by atomic mass is 16.2. The first-order valence-corrected chi connectivity index (χ1v) is 8.39. The van der Waals surface area contributed by atoms with Gasteiger partial charge >= 0.3 is 0 Å². The molecule has 122 valence electrons. The second-order valence-corrected chi connectivity index (χ2v) is 6.73. The number of amides is 1. The number of nitrogens with zero attached hydrogens (tertiary/aromatic N) is 4. The number of piperazine rings is 1. The summed E-state index contributed by atoms with van der Waals surface area (Å²) in [4.78, 5) is 16.9. The van der Waals surface area contributed by atoms with Crippen molar-refractivity contribution in [1.82, 2.24) is 19.6 Å². The summed E-state index contributed by atoms with van der Waals surface area (Å²) in [5.74, 6) is 0.912. The van der Waals surface area contributed by atoms with Gasteiger partial charge < -0.3 is 10.2 Å². The van der Waals surface area contributed by atoms with Gasteiger partial charge in [-0.1, -0.05) is 12.8 Å². The third-order valence-corrected chi connectivity index (χ3v) is 4.92. The summed E-state index contributed by atoms with van der Waals surface area (Å²) in [6, 6.07) is 2.78. The Morgan fingerprint density at radius 2 is 2.14 bits per heavy atom. The lowest BCUT2D eigenvalue weighted by atomic mass is 10.2. The van der Waals surface area contributed by atoms with Gasteiger partial charge in [0.1, 0.15) is 5.82 Å². The predicted molar refractivity (Wildman–Crippen MR) is 86.9 cm³/mol. The molecule has 1 amide bonds. The Balaban J connectivity index is 1.57. The average Bonchev–Trinajstić information content (AvgIpc) is 3.12. The monoisotopic (exact) mass is 305 g/mol. The van der Waals surface area contributed by atoms with Crippen LogP contribution < -0.4 is 5.32 Å². The number of carbonyl (C=O) groups excluding carboxylic acids is 1. The number of rotatable bonds is 4. The molecule has 1 unspecified atom stereocenters. The Bertz CT molecular complexity index is 508. The highest BCUT2D eigenvalue weighted by molar-refractivity contribution is 5.91. The minimum atomic E-state index is 0.0659. The second-order valence-electron chi connectivity index (χ2n) is 6.73. The molecule has 2 fully saturated rings. The largest absolute Gasteiger partial charge is 0.310 e. The molecule has 0 aromatic carbocycles. The molecular weight excluding hydrogens is 278 g/mol. The van der Waals surface area contributed by atoms with E-state index in [4.69, 9.17) is 0 Å². The van der Waals surface area contributed by atoms with Crippen LogP contribution in [0, 0.1) is 0 Å². The van der Waals surface area contributed by atoms with Gasteiger partial charge in [0.05, 0.1) is 18.8 Å². The molecule has 2 aliphatic rings. The van der Waals surface area contributed by atoms with Gasteiger partial charge in [-0.05, 0) is 26.8 Å². The number of anilines is 1. The van der Waals surface area contributed by atoms with Crippen molar-refractivity contribution in [2.24, 2.45) is 0 Å². The number of carbonyl (C=O) groups is 1. The molecule has 1 aliphatic heterocycles. The number of hydrogen-bond donors (Lipinski definition) is 1. The van der Waals surface area contributed by atoms with E-state index in [1.807, 2.05) is 10.7 Å². The van der Waals surface area contributed by atoms with E-state index in [9.17, 15) is 4.79 Å². The highest BCUT2D eigenvalue weighted by Gasteiger charge is 2.24. The van der Waals surface area contributed by atoms with Crippen LogP contribution in [0.5, 0.6) is 0 Å². The Labute approximate surface area is 132 Å². The zero-order chi connectivity index (χ0) is 15.5. The van der Waals surface area contributed by atoms with Crippen molar-refractivity contribution in [2.45, 2.75) is 44.7 Å². The number of likely N-dealkylation sites (N-methyl/N-ethyl adjacent to an activating group) is 1. The maximum absolute atomic E-state index is 12.4. The normalized spacial score (nSPS) is 24.7. The quantitative estimate of drug-likeness (QED) is 0.917. The number of nitrogens with one attached hydrogen (secondary N) is 1. The first-order valence-electron chi connectivity index (χ1n) is 8.39. The second kappa shape index (κ2) is 6.79. The lowest BCUT2D eigenvalue weighted by Gasteiger charge is -2.37. The molecule has 0 spiro atoms. The molecule has 2 heterocycles. The standard InChI is InChI=1S/C16H27N5O/c1-13-11-19(2)9-10-20(13)12-16(22)18-15-7-8-17-21(15)14-5-3-4-6-14/h7-8,13-14H,3-6,9-12H2,1-2H3,(H,18,22). The molecular formula is C16H27N5O. The lowest BCUT2D eigenvalue weighted by molar-refractivity contribution is -0.118. The van der Waals surface area contributed by atoms with E-state index < -0.39 is 0 Å². The summed E-state index contributed by atoms with van der Waals surface area (Å²) in [6.45, 7) is 5.65. The SMILES string of the molecule is CC1CN(C)CCN1CC(=O)Nc1ccnn1C1CCCC1. The molecule has 6 nitrogen and oxygen atoms in total. The van der Waals surface area contributed by atoms with Gasteiger partial charge in [-0.15, -0.1) is 0 Å². The highest BCUT2D eigenvalue weighted by Crippen LogP contribution is 2.31. The molecule has 1 saturated carbocycles. The average molecular weight is 305 g/mol. The zero-order valence-electron chi connectivity index (χ0n) is 13.7. The fraction of sp³-hybridized carbons (Fsp3) is 0.750. The van der Waals surface area contributed by atoms with Crippen LogP contribution in [-0.4, -0.2) is 64.8 Å². The third-order valence-electron chi connectivity index (χ3n) is 4.92. The van der Waals surface area contributed by atoms with Crippen LogP contribution in [0.25, 0.3) is 0 Å². The molecule has 22 heavy (non-hydrogen) atoms. The van der Waals surface area contributed by atoms with Crippen molar-refractivity contribution >= 4 is 11.7 Å². The van der Waals surface area contributed by atoms with Gasteiger partial charge in [0.2, 0.25) is 5.91 Å². The zero-order valence-corrected chi connectivity index (χ0v) is 13.7. The fourth-order valence-electron chi connectivity index (χ4n) is 3.63. The van der Waals surface area contributed by atoms with Crippen LogP contribution >= 0.6 is 0 Å². The van der Waals surface area contributed by atoms with E-state index >= 15 is 0 Å². The topological polar surface area (TPSA) is 53.4 Å². The third kappa shape index (κ3) is 3.50. The molecule has 1 N–H and O–H groups in total. The summed E-state index contributed by atoms with van der Waals surface area (Å²) in [6.07, 6.45) is 6.64. The van der Waals surface area contributed by atoms with Gasteiger partial charge in [-0.25, -0.2) is 4.68 Å². The van der Waals surface area contributed by atoms with Crippen LogP contribution in [-0.2, 0) is 4.79 Å². The predicted octanol–water partition coefficient (Wildman–Crippen LogP) is 1.57. The first-order chi connectivity index (χ1) is 10.6. The van der Waals surface area contributed by atoms with Crippen molar-refractivity contribution in [3.8, 4) is 0 Å². The lowest BCUT2D eigenvalue weighted by Crippen LogP contribution is -2.52. The first kappa shape index (κ1) is 15.5. The summed E-state index contributed by atoms with van der Waals surface area (Å²) in [5, 5.41) is 7.46. The van der Waals surface area contributed by atoms with E-state index in [1.54, 1.807) is 6.20 Å². The van der Waals surface area contributed by atoms with Crippen molar-refractivity contribution in [3.05, 3.63) is 12.3 Å². The van der Waals surface area contributed by atoms with Crippen molar-refractivity contribution in [2.75, 3.05) is 38.5 Å². The Morgan fingerprint density at radius 3 is 2.86 bits per heavy atom. The van der Waals surface area contributed by atoms with E-state index in [2.05, 4.69) is 34.2 Å². The minimum absolute atomic E-state index is 0.0659. The molecule has 1 aliphatic carbocycles. The van der Waals surface area contributed by atoms with Crippen LogP contribution in [0.4, 0.5) is 5.82 Å². The van der Waals surface area contributed by atoms with Crippen molar-refractivity contribution in [1.29, 1.82) is 0 Å². The van der Waals surface area contributed by atoms with E-state index in [1.165, 1.54) is 25.7 Å². The molecule has 1 aromatic rings. The molecule has 0 radical (unpaired) electrons. The van der Waals surface area contributed by atoms with Gasteiger partial charge in [-0.2, -0.15) is 5.10 Å². The van der Waals surface area contributed by atoms with Gasteiger partial charge in [0, 0.05) is 31.7 Å².